The molecular weight excluding hydrogens is 431 g/mol. The molecule has 2 atom stereocenters. The molecule has 174 valence electrons. The molecule has 0 fully saturated rings. The van der Waals surface area contributed by atoms with Gasteiger partial charge in [0.15, 0.2) is 5.60 Å². The van der Waals surface area contributed by atoms with Gasteiger partial charge in [0.25, 0.3) is 8.32 Å². The zero-order valence-corrected chi connectivity index (χ0v) is 21.0. The molecule has 0 saturated carbocycles. The standard InChI is InChI=1S/C28H33FO3Si/c1-6-21(2)28(26(30)31,22-17-19-23(29)20-18-22)32-33(27(3,4)5,24-13-9-7-10-14-24)25-15-11-8-12-16-25/h7-21H,6H2,1-5H3,(H,30,31). The Morgan fingerprint density at radius 2 is 1.36 bits per heavy atom. The fourth-order valence-electron chi connectivity index (χ4n) is 4.70. The smallest absolute Gasteiger partial charge is 0.339 e. The summed E-state index contributed by atoms with van der Waals surface area (Å²) >= 11 is 0. The lowest BCUT2D eigenvalue weighted by atomic mass is 9.81. The van der Waals surface area contributed by atoms with Crippen LogP contribution in [-0.2, 0) is 14.8 Å². The Morgan fingerprint density at radius 1 is 0.909 bits per heavy atom. The van der Waals surface area contributed by atoms with E-state index in [1.54, 1.807) is 12.1 Å². The average molecular weight is 465 g/mol. The van der Waals surface area contributed by atoms with Crippen molar-refractivity contribution in [2.24, 2.45) is 5.92 Å². The first-order valence-electron chi connectivity index (χ1n) is 11.4. The van der Waals surface area contributed by atoms with Gasteiger partial charge in [0, 0.05) is 0 Å². The Hall–Kier alpha value is -2.76. The van der Waals surface area contributed by atoms with Crippen molar-refractivity contribution in [2.75, 3.05) is 0 Å². The lowest BCUT2D eigenvalue weighted by molar-refractivity contribution is -0.163. The zero-order valence-electron chi connectivity index (χ0n) is 20.0. The van der Waals surface area contributed by atoms with Crippen LogP contribution in [0.5, 0.6) is 0 Å². The Bertz CT molecular complexity index is 1020. The van der Waals surface area contributed by atoms with Crippen LogP contribution in [-0.4, -0.2) is 19.4 Å². The third kappa shape index (κ3) is 4.40. The van der Waals surface area contributed by atoms with E-state index >= 15 is 0 Å². The number of carboxylic acids is 1. The lowest BCUT2D eigenvalue weighted by Crippen LogP contribution is -2.70. The summed E-state index contributed by atoms with van der Waals surface area (Å²) in [5, 5.41) is 12.4. The highest BCUT2D eigenvalue weighted by atomic mass is 28.4. The molecule has 0 heterocycles. The average Bonchev–Trinajstić information content (AvgIpc) is 2.80. The summed E-state index contributed by atoms with van der Waals surface area (Å²) in [5.41, 5.74) is -1.19. The van der Waals surface area contributed by atoms with Crippen LogP contribution in [0.2, 0.25) is 5.04 Å². The molecule has 0 bridgehead atoms. The van der Waals surface area contributed by atoms with Crippen molar-refractivity contribution in [3.8, 4) is 0 Å². The van der Waals surface area contributed by atoms with Crippen molar-refractivity contribution in [1.29, 1.82) is 0 Å². The minimum absolute atomic E-state index is 0.359. The first-order chi connectivity index (χ1) is 15.6. The highest BCUT2D eigenvalue weighted by Gasteiger charge is 2.59. The molecular formula is C28H33FO3Si. The molecule has 0 aliphatic heterocycles. The normalized spacial score (nSPS) is 15.0. The molecule has 3 aromatic carbocycles. The largest absolute Gasteiger partial charge is 0.479 e. The minimum Gasteiger partial charge on any atom is -0.479 e. The lowest BCUT2D eigenvalue weighted by Gasteiger charge is -2.50. The van der Waals surface area contributed by atoms with Crippen molar-refractivity contribution in [3.05, 3.63) is 96.3 Å². The summed E-state index contributed by atoms with van der Waals surface area (Å²) in [7, 11) is -3.20. The molecule has 0 aliphatic carbocycles. The maximum atomic E-state index is 13.8. The van der Waals surface area contributed by atoms with E-state index in [0.717, 1.165) is 10.4 Å². The second-order valence-corrected chi connectivity index (χ2v) is 13.8. The maximum Gasteiger partial charge on any atom is 0.339 e. The van der Waals surface area contributed by atoms with Gasteiger partial charge in [0.2, 0.25) is 0 Å². The molecule has 1 N–H and O–H groups in total. The van der Waals surface area contributed by atoms with Crippen molar-refractivity contribution < 1.29 is 18.7 Å². The second kappa shape index (κ2) is 9.62. The summed E-state index contributed by atoms with van der Waals surface area (Å²) in [4.78, 5) is 13.2. The molecule has 5 heteroatoms. The van der Waals surface area contributed by atoms with E-state index < -0.39 is 30.7 Å². The quantitative estimate of drug-likeness (QED) is 0.433. The summed E-state index contributed by atoms with van der Waals surface area (Å²) in [6.07, 6.45) is 0.585. The molecule has 0 radical (unpaired) electrons. The molecule has 0 saturated heterocycles. The summed E-state index contributed by atoms with van der Waals surface area (Å²) in [6.45, 7) is 10.2. The fraction of sp³-hybridized carbons (Fsp3) is 0.321. The van der Waals surface area contributed by atoms with Crippen molar-refractivity contribution >= 4 is 24.7 Å². The molecule has 33 heavy (non-hydrogen) atoms. The van der Waals surface area contributed by atoms with E-state index in [1.807, 2.05) is 74.5 Å². The van der Waals surface area contributed by atoms with Crippen LogP contribution >= 0.6 is 0 Å². The Kier molecular flexibility index (Phi) is 7.25. The van der Waals surface area contributed by atoms with Gasteiger partial charge in [0.05, 0.1) is 0 Å². The van der Waals surface area contributed by atoms with Crippen LogP contribution in [0.1, 0.15) is 46.6 Å². The number of carbonyl (C=O) groups is 1. The first-order valence-corrected chi connectivity index (χ1v) is 13.3. The molecule has 0 aliphatic rings. The van der Waals surface area contributed by atoms with Crippen LogP contribution in [0.25, 0.3) is 0 Å². The molecule has 3 aromatic rings. The van der Waals surface area contributed by atoms with Gasteiger partial charge < -0.3 is 9.53 Å². The first kappa shape index (κ1) is 24.9. The molecule has 3 rings (SSSR count). The number of carboxylic acid groups (broad SMARTS) is 1. The molecule has 0 spiro atoms. The van der Waals surface area contributed by atoms with E-state index in [2.05, 4.69) is 20.8 Å². The van der Waals surface area contributed by atoms with Gasteiger partial charge >= 0.3 is 5.97 Å². The van der Waals surface area contributed by atoms with Crippen LogP contribution < -0.4 is 10.4 Å². The highest BCUT2D eigenvalue weighted by Crippen LogP contribution is 2.45. The van der Waals surface area contributed by atoms with Crippen LogP contribution in [0.15, 0.2) is 84.9 Å². The van der Waals surface area contributed by atoms with E-state index in [1.165, 1.54) is 12.1 Å². The predicted molar refractivity (Wildman–Crippen MR) is 134 cm³/mol. The van der Waals surface area contributed by atoms with Crippen LogP contribution in [0, 0.1) is 11.7 Å². The van der Waals surface area contributed by atoms with Crippen molar-refractivity contribution in [2.45, 2.75) is 51.7 Å². The van der Waals surface area contributed by atoms with Gasteiger partial charge in [-0.3, -0.25) is 0 Å². The molecule has 0 amide bonds. The molecule has 0 aromatic heterocycles. The summed E-state index contributed by atoms with van der Waals surface area (Å²) in [6, 6.07) is 25.7. The van der Waals surface area contributed by atoms with Crippen LogP contribution in [0.4, 0.5) is 4.39 Å². The molecule has 2 unspecified atom stereocenters. The van der Waals surface area contributed by atoms with Crippen molar-refractivity contribution in [1.82, 2.24) is 0 Å². The van der Waals surface area contributed by atoms with E-state index in [0.29, 0.717) is 12.0 Å². The summed E-state index contributed by atoms with van der Waals surface area (Å²) < 4.78 is 21.1. The third-order valence-electron chi connectivity index (χ3n) is 6.63. The fourth-order valence-corrected chi connectivity index (χ4v) is 9.52. The predicted octanol–water partition coefficient (Wildman–Crippen LogP) is 5.73. The third-order valence-corrected chi connectivity index (χ3v) is 11.7. The minimum atomic E-state index is -3.20. The maximum absolute atomic E-state index is 13.8. The van der Waals surface area contributed by atoms with Crippen LogP contribution in [0.3, 0.4) is 0 Å². The number of aliphatic carboxylic acids is 1. The molecule has 3 nitrogen and oxygen atoms in total. The SMILES string of the molecule is CCC(C)C(O[Si](c1ccccc1)(c1ccccc1)C(C)(C)C)(C(=O)O)c1ccc(F)cc1. The van der Waals surface area contributed by atoms with Gasteiger partial charge in [-0.2, -0.15) is 0 Å². The highest BCUT2D eigenvalue weighted by molar-refractivity contribution is 6.99. The van der Waals surface area contributed by atoms with Gasteiger partial charge in [-0.25, -0.2) is 9.18 Å². The number of rotatable bonds is 8. The van der Waals surface area contributed by atoms with Gasteiger partial charge in [0.1, 0.15) is 5.82 Å². The zero-order chi connectivity index (χ0) is 24.3. The van der Waals surface area contributed by atoms with Gasteiger partial charge in [-0.1, -0.05) is 107 Å². The van der Waals surface area contributed by atoms with E-state index in [-0.39, 0.29) is 5.92 Å². The number of benzene rings is 3. The topological polar surface area (TPSA) is 46.5 Å². The number of hydrogen-bond acceptors (Lipinski definition) is 2. The van der Waals surface area contributed by atoms with E-state index in [9.17, 15) is 14.3 Å². The van der Waals surface area contributed by atoms with Gasteiger partial charge in [-0.15, -0.1) is 0 Å². The second-order valence-electron chi connectivity index (χ2n) is 9.62. The Morgan fingerprint density at radius 3 is 1.73 bits per heavy atom. The Labute approximate surface area is 197 Å². The monoisotopic (exact) mass is 464 g/mol. The van der Waals surface area contributed by atoms with Crippen molar-refractivity contribution in [3.63, 3.8) is 0 Å². The van der Waals surface area contributed by atoms with E-state index in [4.69, 9.17) is 4.43 Å². The number of hydrogen-bond donors (Lipinski definition) is 1. The number of halogens is 1. The van der Waals surface area contributed by atoms with Gasteiger partial charge in [-0.05, 0) is 45.4 Å². The summed E-state index contributed by atoms with van der Waals surface area (Å²) in [5.74, 6) is -1.83. The Balaban J connectivity index is 2.42.